The minimum Gasteiger partial charge on any atom is -0.352 e. The number of aromatic nitrogens is 1. The number of hydrogen-bond donors (Lipinski definition) is 2. The highest BCUT2D eigenvalue weighted by Gasteiger charge is 2.10. The molecule has 0 saturated carbocycles. The molecule has 0 aliphatic rings. The molecule has 24 heavy (non-hydrogen) atoms. The van der Waals surface area contributed by atoms with Gasteiger partial charge in [-0.25, -0.2) is 0 Å². The number of pyridine rings is 1. The molecule has 7 heteroatoms. The first-order valence-corrected chi connectivity index (χ1v) is 7.66. The number of nitro groups is 1. The summed E-state index contributed by atoms with van der Waals surface area (Å²) in [7, 11) is 0. The molecule has 1 aromatic heterocycles. The summed E-state index contributed by atoms with van der Waals surface area (Å²) < 4.78 is 0. The van der Waals surface area contributed by atoms with Gasteiger partial charge in [-0.3, -0.25) is 19.9 Å². The molecule has 126 valence electrons. The highest BCUT2D eigenvalue weighted by atomic mass is 16.6. The molecule has 0 fully saturated rings. The number of rotatable bonds is 8. The Balaban J connectivity index is 1.70. The Hall–Kier alpha value is -2.80. The van der Waals surface area contributed by atoms with E-state index in [1.54, 1.807) is 31.5 Å². The summed E-state index contributed by atoms with van der Waals surface area (Å²) in [4.78, 5) is 26.3. The maximum absolute atomic E-state index is 11.8. The van der Waals surface area contributed by atoms with Crippen LogP contribution in [-0.2, 0) is 17.9 Å². The van der Waals surface area contributed by atoms with Gasteiger partial charge in [-0.15, -0.1) is 0 Å². The van der Waals surface area contributed by atoms with Crippen molar-refractivity contribution in [2.75, 3.05) is 6.54 Å². The van der Waals surface area contributed by atoms with Gasteiger partial charge >= 0.3 is 0 Å². The first-order chi connectivity index (χ1) is 11.6. The van der Waals surface area contributed by atoms with Crippen molar-refractivity contribution in [2.24, 2.45) is 0 Å². The van der Waals surface area contributed by atoms with Crippen molar-refractivity contribution >= 4 is 11.6 Å². The second-order valence-corrected chi connectivity index (χ2v) is 5.44. The van der Waals surface area contributed by atoms with Crippen LogP contribution in [0, 0.1) is 17.0 Å². The van der Waals surface area contributed by atoms with Crippen molar-refractivity contribution < 1.29 is 9.72 Å². The highest BCUT2D eigenvalue weighted by molar-refractivity contribution is 5.76. The monoisotopic (exact) mass is 328 g/mol. The van der Waals surface area contributed by atoms with Crippen molar-refractivity contribution in [3.05, 3.63) is 69.5 Å². The molecule has 0 aliphatic heterocycles. The Labute approximate surface area is 140 Å². The molecule has 2 N–H and O–H groups in total. The molecule has 1 aromatic carbocycles. The SMILES string of the molecule is Cc1ccc(CNCCC(=O)NCc2cccnc2)cc1[N+](=O)[O-]. The van der Waals surface area contributed by atoms with E-state index >= 15 is 0 Å². The topological polar surface area (TPSA) is 97.2 Å². The number of hydrogen-bond acceptors (Lipinski definition) is 5. The molecule has 2 aromatic rings. The van der Waals surface area contributed by atoms with E-state index in [0.717, 1.165) is 11.1 Å². The Morgan fingerprint density at radius 1 is 1.25 bits per heavy atom. The molecule has 0 radical (unpaired) electrons. The number of benzene rings is 1. The van der Waals surface area contributed by atoms with Crippen molar-refractivity contribution in [1.82, 2.24) is 15.6 Å². The summed E-state index contributed by atoms with van der Waals surface area (Å²) in [6.45, 7) is 3.15. The number of amides is 1. The van der Waals surface area contributed by atoms with Crippen LogP contribution in [-0.4, -0.2) is 22.4 Å². The number of nitrogens with one attached hydrogen (secondary N) is 2. The van der Waals surface area contributed by atoms with Gasteiger partial charge in [0.15, 0.2) is 0 Å². The largest absolute Gasteiger partial charge is 0.352 e. The van der Waals surface area contributed by atoms with E-state index in [1.165, 1.54) is 0 Å². The van der Waals surface area contributed by atoms with Crippen molar-refractivity contribution in [1.29, 1.82) is 0 Å². The fourth-order valence-corrected chi connectivity index (χ4v) is 2.19. The lowest BCUT2D eigenvalue weighted by Gasteiger charge is -2.07. The van der Waals surface area contributed by atoms with Crippen LogP contribution in [0.25, 0.3) is 0 Å². The third kappa shape index (κ3) is 5.44. The number of carbonyl (C=O) groups excluding carboxylic acids is 1. The minimum absolute atomic E-state index is 0.0544. The van der Waals surface area contributed by atoms with Crippen LogP contribution in [0.3, 0.4) is 0 Å². The molecule has 1 heterocycles. The van der Waals surface area contributed by atoms with Gasteiger partial charge in [-0.05, 0) is 24.1 Å². The van der Waals surface area contributed by atoms with Gasteiger partial charge in [-0.2, -0.15) is 0 Å². The number of aryl methyl sites for hydroxylation is 1. The summed E-state index contributed by atoms with van der Waals surface area (Å²) in [5.74, 6) is -0.0544. The lowest BCUT2D eigenvalue weighted by atomic mass is 10.1. The van der Waals surface area contributed by atoms with Crippen LogP contribution in [0.4, 0.5) is 5.69 Å². The second-order valence-electron chi connectivity index (χ2n) is 5.44. The molecule has 0 bridgehead atoms. The fraction of sp³-hybridized carbons (Fsp3) is 0.294. The van der Waals surface area contributed by atoms with E-state index in [-0.39, 0.29) is 16.5 Å². The van der Waals surface area contributed by atoms with E-state index in [2.05, 4.69) is 15.6 Å². The van der Waals surface area contributed by atoms with Gasteiger partial charge in [0.25, 0.3) is 5.69 Å². The number of nitrogens with zero attached hydrogens (tertiary/aromatic N) is 2. The summed E-state index contributed by atoms with van der Waals surface area (Å²) in [6, 6.07) is 8.86. The van der Waals surface area contributed by atoms with Gasteiger partial charge in [0.05, 0.1) is 4.92 Å². The number of carbonyl (C=O) groups is 1. The summed E-state index contributed by atoms with van der Waals surface area (Å²) in [5.41, 5.74) is 2.52. The summed E-state index contributed by atoms with van der Waals surface area (Å²) in [5, 5.41) is 16.9. The van der Waals surface area contributed by atoms with E-state index in [9.17, 15) is 14.9 Å². The molecular formula is C17H20N4O3. The maximum atomic E-state index is 11.8. The summed E-state index contributed by atoms with van der Waals surface area (Å²) in [6.07, 6.45) is 3.74. The van der Waals surface area contributed by atoms with Crippen LogP contribution in [0.15, 0.2) is 42.7 Å². The van der Waals surface area contributed by atoms with Crippen LogP contribution >= 0.6 is 0 Å². The Morgan fingerprint density at radius 2 is 2.08 bits per heavy atom. The Bertz CT molecular complexity index is 704. The predicted octanol–water partition coefficient (Wildman–Crippen LogP) is 2.09. The molecule has 0 aliphatic carbocycles. The fourth-order valence-electron chi connectivity index (χ4n) is 2.19. The van der Waals surface area contributed by atoms with Gasteiger partial charge in [0.1, 0.15) is 0 Å². The molecule has 0 spiro atoms. The zero-order chi connectivity index (χ0) is 17.4. The second kappa shape index (κ2) is 8.73. The quantitative estimate of drug-likeness (QED) is 0.439. The highest BCUT2D eigenvalue weighted by Crippen LogP contribution is 2.18. The average molecular weight is 328 g/mol. The van der Waals surface area contributed by atoms with E-state index in [0.29, 0.717) is 31.6 Å². The van der Waals surface area contributed by atoms with Gasteiger partial charge in [-0.1, -0.05) is 18.2 Å². The first kappa shape index (κ1) is 17.6. The normalized spacial score (nSPS) is 10.4. The molecule has 0 saturated heterocycles. The molecule has 1 amide bonds. The molecular weight excluding hydrogens is 308 g/mol. The van der Waals surface area contributed by atoms with Crippen molar-refractivity contribution in [3.63, 3.8) is 0 Å². The minimum atomic E-state index is -0.384. The standard InChI is InChI=1S/C17H20N4O3/c1-13-4-5-14(9-16(13)21(23)24)10-19-8-6-17(22)20-12-15-3-2-7-18-11-15/h2-5,7,9,11,19H,6,8,10,12H2,1H3,(H,20,22). The van der Waals surface area contributed by atoms with Gasteiger partial charge in [0, 0.05) is 50.1 Å². The average Bonchev–Trinajstić information content (AvgIpc) is 2.59. The van der Waals surface area contributed by atoms with Crippen LogP contribution in [0.1, 0.15) is 23.1 Å². The Kier molecular flexibility index (Phi) is 6.39. The van der Waals surface area contributed by atoms with E-state index in [4.69, 9.17) is 0 Å². The lowest BCUT2D eigenvalue weighted by molar-refractivity contribution is -0.385. The van der Waals surface area contributed by atoms with E-state index < -0.39 is 0 Å². The molecule has 7 nitrogen and oxygen atoms in total. The van der Waals surface area contributed by atoms with Crippen molar-refractivity contribution in [3.8, 4) is 0 Å². The van der Waals surface area contributed by atoms with Crippen LogP contribution < -0.4 is 10.6 Å². The molecule has 0 atom stereocenters. The predicted molar refractivity (Wildman–Crippen MR) is 90.2 cm³/mol. The maximum Gasteiger partial charge on any atom is 0.272 e. The van der Waals surface area contributed by atoms with Crippen LogP contribution in [0.5, 0.6) is 0 Å². The first-order valence-electron chi connectivity index (χ1n) is 7.66. The van der Waals surface area contributed by atoms with Crippen molar-refractivity contribution in [2.45, 2.75) is 26.4 Å². The zero-order valence-electron chi connectivity index (χ0n) is 13.5. The van der Waals surface area contributed by atoms with Gasteiger partial charge < -0.3 is 10.6 Å². The third-order valence-electron chi connectivity index (χ3n) is 3.54. The number of nitro benzene ring substituents is 1. The Morgan fingerprint density at radius 3 is 2.79 bits per heavy atom. The van der Waals surface area contributed by atoms with E-state index in [1.807, 2.05) is 18.2 Å². The molecule has 2 rings (SSSR count). The summed E-state index contributed by atoms with van der Waals surface area (Å²) >= 11 is 0. The third-order valence-corrected chi connectivity index (χ3v) is 3.54. The molecule has 0 unspecified atom stereocenters. The van der Waals surface area contributed by atoms with Gasteiger partial charge in [0.2, 0.25) is 5.91 Å². The smallest absolute Gasteiger partial charge is 0.272 e. The van der Waals surface area contributed by atoms with Crippen LogP contribution in [0.2, 0.25) is 0 Å². The lowest BCUT2D eigenvalue weighted by Crippen LogP contribution is -2.27. The zero-order valence-corrected chi connectivity index (χ0v) is 13.5.